The first kappa shape index (κ1) is 12.0. The first-order valence-electron chi connectivity index (χ1n) is 4.84. The zero-order valence-corrected chi connectivity index (χ0v) is 10.2. The summed E-state index contributed by atoms with van der Waals surface area (Å²) in [4.78, 5) is 3.96. The minimum Gasteiger partial charge on any atom is -0.486 e. The van der Waals surface area contributed by atoms with E-state index < -0.39 is 11.6 Å². The molecule has 0 atom stereocenters. The van der Waals surface area contributed by atoms with Gasteiger partial charge >= 0.3 is 0 Å². The zero-order chi connectivity index (χ0) is 12.3. The van der Waals surface area contributed by atoms with Crippen molar-refractivity contribution in [2.45, 2.75) is 6.61 Å². The molecule has 2 nitrogen and oxygen atoms in total. The van der Waals surface area contributed by atoms with Crippen LogP contribution in [0.15, 0.2) is 41.1 Å². The van der Waals surface area contributed by atoms with Crippen LogP contribution in [-0.2, 0) is 6.61 Å². The Morgan fingerprint density at radius 2 is 2.06 bits per heavy atom. The van der Waals surface area contributed by atoms with Crippen molar-refractivity contribution in [2.75, 3.05) is 0 Å². The smallest absolute Gasteiger partial charge is 0.152 e. The van der Waals surface area contributed by atoms with Crippen LogP contribution in [-0.4, -0.2) is 4.98 Å². The van der Waals surface area contributed by atoms with Gasteiger partial charge in [0, 0.05) is 11.8 Å². The second kappa shape index (κ2) is 5.23. The van der Waals surface area contributed by atoms with Gasteiger partial charge in [0.15, 0.2) is 5.75 Å². The van der Waals surface area contributed by atoms with Gasteiger partial charge < -0.3 is 4.74 Å². The molecule has 0 spiro atoms. The number of hydrogen-bond donors (Lipinski definition) is 0. The van der Waals surface area contributed by atoms with Gasteiger partial charge in [0.05, 0.1) is 0 Å². The summed E-state index contributed by atoms with van der Waals surface area (Å²) in [5.74, 6) is -0.502. The van der Waals surface area contributed by atoms with Crippen LogP contribution >= 0.6 is 15.9 Å². The normalized spacial score (nSPS) is 10.3. The standard InChI is InChI=1S/C12H8BrF2NO/c13-12-11(2-1-5-16-12)17-7-8-6-9(14)3-4-10(8)15/h1-6H,7H2. The average molecular weight is 300 g/mol. The van der Waals surface area contributed by atoms with Crippen molar-refractivity contribution in [2.24, 2.45) is 0 Å². The van der Waals surface area contributed by atoms with Crippen molar-refractivity contribution in [3.05, 3.63) is 58.3 Å². The van der Waals surface area contributed by atoms with Gasteiger partial charge in [0.25, 0.3) is 0 Å². The summed E-state index contributed by atoms with van der Waals surface area (Å²) in [5, 5.41) is 0. The van der Waals surface area contributed by atoms with Gasteiger partial charge in [-0.25, -0.2) is 13.8 Å². The molecule has 0 aliphatic carbocycles. The largest absolute Gasteiger partial charge is 0.486 e. The molecule has 17 heavy (non-hydrogen) atoms. The van der Waals surface area contributed by atoms with Crippen LogP contribution in [0, 0.1) is 11.6 Å². The number of benzene rings is 1. The summed E-state index contributed by atoms with van der Waals surface area (Å²) < 4.78 is 32.1. The van der Waals surface area contributed by atoms with Crippen LogP contribution in [0.4, 0.5) is 8.78 Å². The summed E-state index contributed by atoms with van der Waals surface area (Å²) in [6.07, 6.45) is 1.60. The molecule has 0 N–H and O–H groups in total. The first-order chi connectivity index (χ1) is 8.16. The number of ether oxygens (including phenoxy) is 1. The van der Waals surface area contributed by atoms with E-state index in [0.29, 0.717) is 10.4 Å². The molecular weight excluding hydrogens is 292 g/mol. The summed E-state index contributed by atoms with van der Waals surface area (Å²) in [5.41, 5.74) is 0.167. The third-order valence-corrected chi connectivity index (χ3v) is 2.71. The molecule has 0 bridgehead atoms. The van der Waals surface area contributed by atoms with E-state index >= 15 is 0 Å². The van der Waals surface area contributed by atoms with Gasteiger partial charge in [-0.05, 0) is 46.3 Å². The Morgan fingerprint density at radius 3 is 2.82 bits per heavy atom. The lowest BCUT2D eigenvalue weighted by Crippen LogP contribution is -2.00. The summed E-state index contributed by atoms with van der Waals surface area (Å²) in [7, 11) is 0. The van der Waals surface area contributed by atoms with E-state index in [2.05, 4.69) is 20.9 Å². The van der Waals surface area contributed by atoms with Crippen molar-refractivity contribution in [3.8, 4) is 5.75 Å². The first-order valence-corrected chi connectivity index (χ1v) is 5.63. The van der Waals surface area contributed by atoms with Crippen LogP contribution in [0.1, 0.15) is 5.56 Å². The molecule has 0 aliphatic rings. The van der Waals surface area contributed by atoms with Gasteiger partial charge in [-0.1, -0.05) is 0 Å². The maximum atomic E-state index is 13.3. The molecular formula is C12H8BrF2NO. The van der Waals surface area contributed by atoms with Crippen LogP contribution in [0.3, 0.4) is 0 Å². The fraction of sp³-hybridized carbons (Fsp3) is 0.0833. The molecule has 2 rings (SSSR count). The zero-order valence-electron chi connectivity index (χ0n) is 8.66. The van der Waals surface area contributed by atoms with Crippen LogP contribution in [0.25, 0.3) is 0 Å². The number of hydrogen-bond acceptors (Lipinski definition) is 2. The lowest BCUT2D eigenvalue weighted by Gasteiger charge is -2.08. The van der Waals surface area contributed by atoms with Crippen molar-refractivity contribution >= 4 is 15.9 Å². The number of rotatable bonds is 3. The van der Waals surface area contributed by atoms with Gasteiger partial charge in [0.1, 0.15) is 22.8 Å². The van der Waals surface area contributed by atoms with Crippen molar-refractivity contribution in [1.29, 1.82) is 0 Å². The summed E-state index contributed by atoms with van der Waals surface area (Å²) >= 11 is 3.20. The van der Waals surface area contributed by atoms with E-state index in [-0.39, 0.29) is 12.2 Å². The highest BCUT2D eigenvalue weighted by Gasteiger charge is 2.06. The van der Waals surface area contributed by atoms with Gasteiger partial charge in [0.2, 0.25) is 0 Å². The molecule has 0 amide bonds. The summed E-state index contributed by atoms with van der Waals surface area (Å²) in [6, 6.07) is 6.64. The second-order valence-electron chi connectivity index (χ2n) is 3.32. The Bertz CT molecular complexity index is 534. The van der Waals surface area contributed by atoms with E-state index in [1.807, 2.05) is 0 Å². The predicted molar refractivity (Wildman–Crippen MR) is 62.6 cm³/mol. The second-order valence-corrected chi connectivity index (χ2v) is 4.07. The molecule has 1 aromatic heterocycles. The molecule has 2 aromatic rings. The predicted octanol–water partition coefficient (Wildman–Crippen LogP) is 3.70. The van der Waals surface area contributed by atoms with Crippen molar-refractivity contribution < 1.29 is 13.5 Å². The highest BCUT2D eigenvalue weighted by atomic mass is 79.9. The van der Waals surface area contributed by atoms with E-state index in [4.69, 9.17) is 4.74 Å². The van der Waals surface area contributed by atoms with Crippen LogP contribution < -0.4 is 4.74 Å². The molecule has 1 heterocycles. The van der Waals surface area contributed by atoms with E-state index in [1.54, 1.807) is 18.3 Å². The highest BCUT2D eigenvalue weighted by molar-refractivity contribution is 9.10. The third-order valence-electron chi connectivity index (χ3n) is 2.12. The Hall–Kier alpha value is -1.49. The maximum absolute atomic E-state index is 13.3. The number of aromatic nitrogens is 1. The minimum absolute atomic E-state index is 0.0477. The minimum atomic E-state index is -0.494. The molecule has 0 saturated carbocycles. The molecule has 0 fully saturated rings. The Labute approximate surface area is 105 Å². The SMILES string of the molecule is Fc1ccc(F)c(COc2cccnc2Br)c1. The maximum Gasteiger partial charge on any atom is 0.152 e. The van der Waals surface area contributed by atoms with E-state index in [9.17, 15) is 8.78 Å². The van der Waals surface area contributed by atoms with Crippen molar-refractivity contribution in [1.82, 2.24) is 4.98 Å². The van der Waals surface area contributed by atoms with Gasteiger partial charge in [-0.15, -0.1) is 0 Å². The summed E-state index contributed by atoms with van der Waals surface area (Å²) in [6.45, 7) is -0.0477. The van der Waals surface area contributed by atoms with Gasteiger partial charge in [-0.3, -0.25) is 0 Å². The van der Waals surface area contributed by atoms with E-state index in [1.165, 1.54) is 0 Å². The van der Waals surface area contributed by atoms with Crippen LogP contribution in [0.2, 0.25) is 0 Å². The number of halogens is 3. The fourth-order valence-electron chi connectivity index (χ4n) is 1.29. The third kappa shape index (κ3) is 3.00. The molecule has 0 saturated heterocycles. The quantitative estimate of drug-likeness (QED) is 0.806. The molecule has 0 aliphatic heterocycles. The number of pyridine rings is 1. The number of nitrogens with zero attached hydrogens (tertiary/aromatic N) is 1. The topological polar surface area (TPSA) is 22.1 Å². The lowest BCUT2D eigenvalue weighted by atomic mass is 10.2. The molecule has 88 valence electrons. The Kier molecular flexibility index (Phi) is 3.68. The Balaban J connectivity index is 2.12. The monoisotopic (exact) mass is 299 g/mol. The molecule has 0 radical (unpaired) electrons. The van der Waals surface area contributed by atoms with Gasteiger partial charge in [-0.2, -0.15) is 0 Å². The fourth-order valence-corrected chi connectivity index (χ4v) is 1.65. The average Bonchev–Trinajstić information content (AvgIpc) is 2.32. The molecule has 0 unspecified atom stereocenters. The highest BCUT2D eigenvalue weighted by Crippen LogP contribution is 2.22. The van der Waals surface area contributed by atoms with Crippen molar-refractivity contribution in [3.63, 3.8) is 0 Å². The Morgan fingerprint density at radius 1 is 1.24 bits per heavy atom. The molecule has 1 aromatic carbocycles. The van der Waals surface area contributed by atoms with E-state index in [0.717, 1.165) is 18.2 Å². The lowest BCUT2D eigenvalue weighted by molar-refractivity contribution is 0.295. The molecule has 5 heteroatoms. The van der Waals surface area contributed by atoms with Crippen LogP contribution in [0.5, 0.6) is 5.75 Å².